The highest BCUT2D eigenvalue weighted by Crippen LogP contribution is 2.20. The van der Waals surface area contributed by atoms with Crippen LogP contribution in [0.2, 0.25) is 0 Å². The maximum atomic E-state index is 8.98. The Balaban J connectivity index is 2.25. The molecular formula is C12H14N4O2. The molecule has 0 aromatic carbocycles. The summed E-state index contributed by atoms with van der Waals surface area (Å²) in [6, 6.07) is 2.06. The summed E-state index contributed by atoms with van der Waals surface area (Å²) >= 11 is 0. The lowest BCUT2D eigenvalue weighted by atomic mass is 9.96. The largest absolute Gasteiger partial charge is 0.360 e. The van der Waals surface area contributed by atoms with Crippen molar-refractivity contribution in [3.8, 4) is 6.07 Å². The Labute approximate surface area is 105 Å². The van der Waals surface area contributed by atoms with Gasteiger partial charge in [-0.05, 0) is 6.92 Å². The normalized spacial score (nSPS) is 11.5. The van der Waals surface area contributed by atoms with Crippen molar-refractivity contribution in [3.05, 3.63) is 28.7 Å². The van der Waals surface area contributed by atoms with Crippen LogP contribution in [0, 0.1) is 18.3 Å². The summed E-state index contributed by atoms with van der Waals surface area (Å²) in [4.78, 5) is 4.29. The molecule has 0 fully saturated rings. The summed E-state index contributed by atoms with van der Waals surface area (Å²) in [5.74, 6) is 1.57. The summed E-state index contributed by atoms with van der Waals surface area (Å²) < 4.78 is 10.1. The van der Waals surface area contributed by atoms with Crippen LogP contribution < -0.4 is 0 Å². The van der Waals surface area contributed by atoms with Crippen LogP contribution in [0.15, 0.2) is 9.05 Å². The summed E-state index contributed by atoms with van der Waals surface area (Å²) in [7, 11) is 0. The smallest absolute Gasteiger partial charge is 0.232 e. The Bertz CT molecular complexity index is 598. The molecule has 0 saturated carbocycles. The fourth-order valence-electron chi connectivity index (χ4n) is 1.46. The van der Waals surface area contributed by atoms with Gasteiger partial charge in [0, 0.05) is 5.41 Å². The topological polar surface area (TPSA) is 88.7 Å². The van der Waals surface area contributed by atoms with Gasteiger partial charge in [-0.15, -0.1) is 0 Å². The van der Waals surface area contributed by atoms with E-state index in [0.29, 0.717) is 35.2 Å². The number of aromatic nitrogens is 3. The van der Waals surface area contributed by atoms with E-state index in [2.05, 4.69) is 21.4 Å². The van der Waals surface area contributed by atoms with Gasteiger partial charge in [0.15, 0.2) is 11.6 Å². The lowest BCUT2D eigenvalue weighted by Gasteiger charge is -2.10. The van der Waals surface area contributed by atoms with Crippen LogP contribution in [0.5, 0.6) is 0 Å². The van der Waals surface area contributed by atoms with Crippen molar-refractivity contribution >= 4 is 0 Å². The molecule has 94 valence electrons. The Kier molecular flexibility index (Phi) is 2.91. The molecule has 0 bridgehead atoms. The first kappa shape index (κ1) is 12.3. The van der Waals surface area contributed by atoms with Gasteiger partial charge < -0.3 is 9.05 Å². The van der Waals surface area contributed by atoms with Gasteiger partial charge in [0.2, 0.25) is 5.89 Å². The zero-order valence-electron chi connectivity index (χ0n) is 10.8. The number of hydrogen-bond donors (Lipinski definition) is 0. The molecule has 0 amide bonds. The Morgan fingerprint density at radius 3 is 2.50 bits per heavy atom. The van der Waals surface area contributed by atoms with E-state index in [1.54, 1.807) is 6.92 Å². The van der Waals surface area contributed by atoms with Gasteiger partial charge in [0.25, 0.3) is 0 Å². The Morgan fingerprint density at radius 2 is 1.94 bits per heavy atom. The molecule has 0 aliphatic heterocycles. The second-order valence-corrected chi connectivity index (χ2v) is 5.11. The molecule has 2 aromatic rings. The summed E-state index contributed by atoms with van der Waals surface area (Å²) in [5, 5.41) is 16.7. The number of nitrogens with zero attached hydrogens (tertiary/aromatic N) is 4. The molecule has 0 unspecified atom stereocenters. The molecule has 2 heterocycles. The molecule has 6 heteroatoms. The molecule has 0 atom stereocenters. The van der Waals surface area contributed by atoms with Crippen molar-refractivity contribution in [1.29, 1.82) is 5.26 Å². The molecule has 0 aliphatic carbocycles. The van der Waals surface area contributed by atoms with Crippen molar-refractivity contribution in [1.82, 2.24) is 15.3 Å². The average Bonchev–Trinajstić information content (AvgIpc) is 2.86. The maximum Gasteiger partial charge on any atom is 0.232 e. The zero-order valence-corrected chi connectivity index (χ0v) is 10.8. The first-order chi connectivity index (χ1) is 8.41. The van der Waals surface area contributed by atoms with Crippen LogP contribution in [-0.4, -0.2) is 15.3 Å². The van der Waals surface area contributed by atoms with Crippen molar-refractivity contribution < 1.29 is 9.05 Å². The average molecular weight is 246 g/mol. The maximum absolute atomic E-state index is 8.98. The third kappa shape index (κ3) is 2.25. The van der Waals surface area contributed by atoms with Crippen LogP contribution in [0.1, 0.15) is 49.5 Å². The van der Waals surface area contributed by atoms with E-state index >= 15 is 0 Å². The van der Waals surface area contributed by atoms with Gasteiger partial charge in [0.1, 0.15) is 17.3 Å². The second-order valence-electron chi connectivity index (χ2n) is 5.11. The van der Waals surface area contributed by atoms with Crippen LogP contribution >= 0.6 is 0 Å². The predicted molar refractivity (Wildman–Crippen MR) is 61.8 cm³/mol. The summed E-state index contributed by atoms with van der Waals surface area (Å²) in [6.07, 6.45) is 0.309. The van der Waals surface area contributed by atoms with Gasteiger partial charge in [-0.25, -0.2) is 0 Å². The molecule has 2 rings (SSSR count). The second kappa shape index (κ2) is 4.26. The molecule has 2 aromatic heterocycles. The van der Waals surface area contributed by atoms with E-state index in [1.807, 2.05) is 20.8 Å². The van der Waals surface area contributed by atoms with E-state index in [9.17, 15) is 0 Å². The van der Waals surface area contributed by atoms with Crippen molar-refractivity contribution in [2.45, 2.75) is 39.5 Å². The predicted octanol–water partition coefficient (Wildman–Crippen LogP) is 2.13. The third-order valence-electron chi connectivity index (χ3n) is 2.50. The van der Waals surface area contributed by atoms with Gasteiger partial charge in [-0.2, -0.15) is 10.2 Å². The van der Waals surface area contributed by atoms with Gasteiger partial charge in [-0.1, -0.05) is 31.1 Å². The van der Waals surface area contributed by atoms with Crippen LogP contribution in [0.3, 0.4) is 0 Å². The summed E-state index contributed by atoms with van der Waals surface area (Å²) in [6.45, 7) is 7.71. The van der Waals surface area contributed by atoms with Gasteiger partial charge >= 0.3 is 0 Å². The van der Waals surface area contributed by atoms with Crippen LogP contribution in [0.4, 0.5) is 0 Å². The highest BCUT2D eigenvalue weighted by molar-refractivity contribution is 5.36. The lowest BCUT2D eigenvalue weighted by molar-refractivity contribution is 0.361. The van der Waals surface area contributed by atoms with Crippen LogP contribution in [0.25, 0.3) is 0 Å². The minimum atomic E-state index is -0.167. The number of rotatable bonds is 2. The highest BCUT2D eigenvalue weighted by atomic mass is 16.5. The third-order valence-corrected chi connectivity index (χ3v) is 2.50. The molecular weight excluding hydrogens is 232 g/mol. The molecule has 0 saturated heterocycles. The van der Waals surface area contributed by atoms with Crippen LogP contribution in [-0.2, 0) is 11.8 Å². The fraction of sp³-hybridized carbons (Fsp3) is 0.500. The minimum absolute atomic E-state index is 0.167. The quantitative estimate of drug-likeness (QED) is 0.806. The van der Waals surface area contributed by atoms with E-state index < -0.39 is 0 Å². The number of aryl methyl sites for hydroxylation is 1. The monoisotopic (exact) mass is 246 g/mol. The first-order valence-corrected chi connectivity index (χ1v) is 5.60. The number of nitriles is 1. The van der Waals surface area contributed by atoms with E-state index in [1.165, 1.54) is 0 Å². The highest BCUT2D eigenvalue weighted by Gasteiger charge is 2.22. The number of hydrogen-bond acceptors (Lipinski definition) is 6. The molecule has 0 spiro atoms. The molecule has 0 N–H and O–H groups in total. The lowest BCUT2D eigenvalue weighted by Crippen LogP contribution is -2.13. The molecule has 0 aliphatic rings. The molecule has 0 radical (unpaired) electrons. The Morgan fingerprint density at radius 1 is 1.22 bits per heavy atom. The molecule has 6 nitrogen and oxygen atoms in total. The van der Waals surface area contributed by atoms with Gasteiger partial charge in [-0.3, -0.25) is 0 Å². The van der Waals surface area contributed by atoms with Gasteiger partial charge in [0.05, 0.1) is 6.42 Å². The van der Waals surface area contributed by atoms with E-state index in [-0.39, 0.29) is 5.41 Å². The fourth-order valence-corrected chi connectivity index (χ4v) is 1.46. The van der Waals surface area contributed by atoms with E-state index in [4.69, 9.17) is 14.3 Å². The van der Waals surface area contributed by atoms with Crippen molar-refractivity contribution in [2.75, 3.05) is 0 Å². The standard InChI is InChI=1S/C12H14N4O2/c1-7-8(6-13)9(15-17-7)5-10-14-11(16-18-10)12(2,3)4/h5H2,1-4H3. The first-order valence-electron chi connectivity index (χ1n) is 5.60. The minimum Gasteiger partial charge on any atom is -0.360 e. The van der Waals surface area contributed by atoms with Crippen molar-refractivity contribution in [3.63, 3.8) is 0 Å². The van der Waals surface area contributed by atoms with E-state index in [0.717, 1.165) is 0 Å². The summed E-state index contributed by atoms with van der Waals surface area (Å²) in [5.41, 5.74) is 0.795. The Hall–Kier alpha value is -2.16. The molecule has 18 heavy (non-hydrogen) atoms. The SMILES string of the molecule is Cc1onc(Cc2nc(C(C)(C)C)no2)c1C#N. The van der Waals surface area contributed by atoms with Crippen molar-refractivity contribution in [2.24, 2.45) is 0 Å². The zero-order chi connectivity index (χ0) is 13.3.